The zero-order valence-electron chi connectivity index (χ0n) is 18.6. The first-order valence-corrected chi connectivity index (χ1v) is 11.2. The quantitative estimate of drug-likeness (QED) is 0.252. The molecule has 0 saturated heterocycles. The number of rotatable bonds is 5. The van der Waals surface area contributed by atoms with Crippen LogP contribution in [0.15, 0.2) is 108 Å². The molecular formula is C29H27NOS. The van der Waals surface area contributed by atoms with E-state index in [4.69, 9.17) is 0 Å². The van der Waals surface area contributed by atoms with Crippen molar-refractivity contribution in [1.82, 2.24) is 0 Å². The van der Waals surface area contributed by atoms with Crippen LogP contribution in [0.25, 0.3) is 0 Å². The van der Waals surface area contributed by atoms with Gasteiger partial charge in [-0.15, -0.1) is 12.6 Å². The first-order valence-electron chi connectivity index (χ1n) is 10.7. The van der Waals surface area contributed by atoms with E-state index in [1.54, 1.807) is 0 Å². The number of hydrogen-bond donors (Lipinski definition) is 1. The lowest BCUT2D eigenvalue weighted by atomic mass is 9.86. The maximum Gasteiger partial charge on any atom is 0.193 e. The number of thiol groups is 1. The van der Waals surface area contributed by atoms with Gasteiger partial charge in [-0.3, -0.25) is 4.79 Å². The molecule has 0 spiro atoms. The molecule has 4 aromatic carbocycles. The number of para-hydroxylation sites is 1. The summed E-state index contributed by atoms with van der Waals surface area (Å²) in [6, 6.07) is 34.0. The minimum atomic E-state index is 0.0303. The van der Waals surface area contributed by atoms with Gasteiger partial charge in [0.05, 0.1) is 0 Å². The van der Waals surface area contributed by atoms with Crippen molar-refractivity contribution < 1.29 is 4.79 Å². The predicted octanol–water partition coefficient (Wildman–Crippen LogP) is 7.97. The molecule has 0 amide bonds. The average molecular weight is 438 g/mol. The van der Waals surface area contributed by atoms with Crippen LogP contribution >= 0.6 is 12.6 Å². The molecule has 0 aliphatic rings. The van der Waals surface area contributed by atoms with E-state index in [-0.39, 0.29) is 11.2 Å². The Morgan fingerprint density at radius 2 is 1.06 bits per heavy atom. The third-order valence-corrected chi connectivity index (χ3v) is 5.82. The maximum absolute atomic E-state index is 13.0. The van der Waals surface area contributed by atoms with Gasteiger partial charge in [0.25, 0.3) is 0 Å². The highest BCUT2D eigenvalue weighted by atomic mass is 32.1. The Kier molecular flexibility index (Phi) is 6.20. The standard InChI is InChI=1S/C29H27NOS/c1-29(2,3)23-13-9-21(10-14-23)28(31)22-11-15-25(16-12-22)30(24-7-5-4-6-8-24)26-17-19-27(32)20-18-26/h4-20,32H,1-3H3. The summed E-state index contributed by atoms with van der Waals surface area (Å²) >= 11 is 4.41. The molecule has 0 aromatic heterocycles. The Balaban J connectivity index is 1.64. The summed E-state index contributed by atoms with van der Waals surface area (Å²) in [5.74, 6) is 0.0303. The number of ketones is 1. The zero-order chi connectivity index (χ0) is 22.7. The second kappa shape index (κ2) is 9.05. The molecule has 0 fully saturated rings. The number of carbonyl (C=O) groups is 1. The molecule has 160 valence electrons. The van der Waals surface area contributed by atoms with Crippen molar-refractivity contribution in [3.63, 3.8) is 0 Å². The van der Waals surface area contributed by atoms with Gasteiger partial charge in [-0.2, -0.15) is 0 Å². The van der Waals surface area contributed by atoms with Gasteiger partial charge in [-0.05, 0) is 71.6 Å². The van der Waals surface area contributed by atoms with E-state index in [2.05, 4.69) is 50.4 Å². The minimum absolute atomic E-state index is 0.0303. The fourth-order valence-electron chi connectivity index (χ4n) is 3.68. The lowest BCUT2D eigenvalue weighted by Crippen LogP contribution is -2.12. The van der Waals surface area contributed by atoms with Crippen molar-refractivity contribution in [3.8, 4) is 0 Å². The van der Waals surface area contributed by atoms with Gasteiger partial charge in [0, 0.05) is 33.1 Å². The van der Waals surface area contributed by atoms with Crippen LogP contribution in [-0.2, 0) is 5.41 Å². The van der Waals surface area contributed by atoms with E-state index < -0.39 is 0 Å². The molecule has 0 unspecified atom stereocenters. The van der Waals surface area contributed by atoms with Crippen LogP contribution < -0.4 is 4.90 Å². The van der Waals surface area contributed by atoms with Crippen LogP contribution in [0.1, 0.15) is 42.3 Å². The fraction of sp³-hybridized carbons (Fsp3) is 0.138. The largest absolute Gasteiger partial charge is 0.311 e. The Morgan fingerprint density at radius 1 is 0.625 bits per heavy atom. The van der Waals surface area contributed by atoms with E-state index in [1.807, 2.05) is 91.0 Å². The summed E-state index contributed by atoms with van der Waals surface area (Å²) in [7, 11) is 0. The molecule has 0 heterocycles. The molecule has 0 N–H and O–H groups in total. The predicted molar refractivity (Wildman–Crippen MR) is 137 cm³/mol. The molecule has 0 aliphatic carbocycles. The van der Waals surface area contributed by atoms with Gasteiger partial charge in [-0.25, -0.2) is 0 Å². The number of benzene rings is 4. The Morgan fingerprint density at radius 3 is 1.56 bits per heavy atom. The van der Waals surface area contributed by atoms with E-state index in [1.165, 1.54) is 5.56 Å². The van der Waals surface area contributed by atoms with Crippen LogP contribution in [0.4, 0.5) is 17.1 Å². The van der Waals surface area contributed by atoms with Crippen LogP contribution in [0.5, 0.6) is 0 Å². The third-order valence-electron chi connectivity index (χ3n) is 5.52. The van der Waals surface area contributed by atoms with Crippen LogP contribution in [-0.4, -0.2) is 5.78 Å². The number of hydrogen-bond acceptors (Lipinski definition) is 3. The summed E-state index contributed by atoms with van der Waals surface area (Å²) in [6.07, 6.45) is 0. The normalized spacial score (nSPS) is 11.2. The molecule has 4 rings (SSSR count). The molecular weight excluding hydrogens is 410 g/mol. The van der Waals surface area contributed by atoms with Crippen LogP contribution in [0, 0.1) is 0 Å². The number of anilines is 3. The first kappa shape index (κ1) is 21.9. The summed E-state index contributed by atoms with van der Waals surface area (Å²) in [4.78, 5) is 16.1. The molecule has 4 aromatic rings. The highest BCUT2D eigenvalue weighted by molar-refractivity contribution is 7.80. The van der Waals surface area contributed by atoms with Crippen molar-refractivity contribution >= 4 is 35.5 Å². The molecule has 0 atom stereocenters. The van der Waals surface area contributed by atoms with Crippen molar-refractivity contribution in [2.24, 2.45) is 0 Å². The topological polar surface area (TPSA) is 20.3 Å². The highest BCUT2D eigenvalue weighted by Gasteiger charge is 2.16. The van der Waals surface area contributed by atoms with Crippen molar-refractivity contribution in [2.75, 3.05) is 4.90 Å². The molecule has 0 saturated carbocycles. The lowest BCUT2D eigenvalue weighted by molar-refractivity contribution is 0.103. The van der Waals surface area contributed by atoms with Crippen molar-refractivity contribution in [2.45, 2.75) is 31.1 Å². The van der Waals surface area contributed by atoms with Gasteiger partial charge >= 0.3 is 0 Å². The van der Waals surface area contributed by atoms with E-state index in [0.29, 0.717) is 11.1 Å². The third kappa shape index (κ3) is 4.79. The molecule has 2 nitrogen and oxygen atoms in total. The second-order valence-corrected chi connectivity index (χ2v) is 9.41. The molecule has 32 heavy (non-hydrogen) atoms. The first-order chi connectivity index (χ1) is 15.3. The fourth-order valence-corrected chi connectivity index (χ4v) is 3.83. The second-order valence-electron chi connectivity index (χ2n) is 8.89. The SMILES string of the molecule is CC(C)(C)c1ccc(C(=O)c2ccc(N(c3ccccc3)c3ccc(S)cc3)cc2)cc1. The van der Waals surface area contributed by atoms with Crippen molar-refractivity contribution in [3.05, 3.63) is 120 Å². The minimum Gasteiger partial charge on any atom is -0.311 e. The molecule has 0 aliphatic heterocycles. The number of nitrogens with zero attached hydrogens (tertiary/aromatic N) is 1. The summed E-state index contributed by atoms with van der Waals surface area (Å²) in [6.45, 7) is 6.51. The van der Waals surface area contributed by atoms with Crippen molar-refractivity contribution in [1.29, 1.82) is 0 Å². The Bertz CT molecular complexity index is 1190. The van der Waals surface area contributed by atoms with Gasteiger partial charge in [0.15, 0.2) is 5.78 Å². The lowest BCUT2D eigenvalue weighted by Gasteiger charge is -2.25. The van der Waals surface area contributed by atoms with Gasteiger partial charge in [0.2, 0.25) is 0 Å². The highest BCUT2D eigenvalue weighted by Crippen LogP contribution is 2.35. The van der Waals surface area contributed by atoms with Crippen LogP contribution in [0.2, 0.25) is 0 Å². The molecule has 3 heteroatoms. The number of carbonyl (C=O) groups excluding carboxylic acids is 1. The molecule has 0 bridgehead atoms. The summed E-state index contributed by atoms with van der Waals surface area (Å²) in [5, 5.41) is 0. The summed E-state index contributed by atoms with van der Waals surface area (Å²) in [5.41, 5.74) is 5.74. The maximum atomic E-state index is 13.0. The Hall–Kier alpha value is -3.30. The van der Waals surface area contributed by atoms with Crippen LogP contribution in [0.3, 0.4) is 0 Å². The zero-order valence-corrected chi connectivity index (χ0v) is 19.5. The molecule has 0 radical (unpaired) electrons. The van der Waals surface area contributed by atoms with Gasteiger partial charge in [0.1, 0.15) is 0 Å². The van der Waals surface area contributed by atoms with E-state index in [9.17, 15) is 4.79 Å². The Labute approximate surface area is 196 Å². The average Bonchev–Trinajstić information content (AvgIpc) is 2.81. The monoisotopic (exact) mass is 437 g/mol. The van der Waals surface area contributed by atoms with E-state index in [0.717, 1.165) is 22.0 Å². The summed E-state index contributed by atoms with van der Waals surface area (Å²) < 4.78 is 0. The van der Waals surface area contributed by atoms with Gasteiger partial charge in [-0.1, -0.05) is 63.2 Å². The van der Waals surface area contributed by atoms with Gasteiger partial charge < -0.3 is 4.90 Å². The smallest absolute Gasteiger partial charge is 0.193 e. The van der Waals surface area contributed by atoms with E-state index >= 15 is 0 Å².